The van der Waals surface area contributed by atoms with Crippen molar-refractivity contribution in [1.29, 1.82) is 0 Å². The van der Waals surface area contributed by atoms with E-state index in [4.69, 9.17) is 23.2 Å². The van der Waals surface area contributed by atoms with Crippen molar-refractivity contribution in [1.82, 2.24) is 9.78 Å². The number of aromatic nitrogens is 2. The Morgan fingerprint density at radius 2 is 1.96 bits per heavy atom. The molecule has 7 heteroatoms. The van der Waals surface area contributed by atoms with Crippen molar-refractivity contribution in [2.24, 2.45) is 0 Å². The van der Waals surface area contributed by atoms with E-state index in [1.165, 1.54) is 23.0 Å². The summed E-state index contributed by atoms with van der Waals surface area (Å²) < 4.78 is 15.4. The minimum atomic E-state index is -0.426. The maximum absolute atomic E-state index is 13.9. The average molecular weight is 392 g/mol. The van der Waals surface area contributed by atoms with Gasteiger partial charge in [0, 0.05) is 22.3 Å². The van der Waals surface area contributed by atoms with Crippen molar-refractivity contribution in [2.45, 2.75) is 20.4 Å². The van der Waals surface area contributed by atoms with Gasteiger partial charge in [0.2, 0.25) is 0 Å². The van der Waals surface area contributed by atoms with Crippen LogP contribution in [0.4, 0.5) is 10.2 Å². The van der Waals surface area contributed by atoms with Gasteiger partial charge in [-0.25, -0.2) is 4.39 Å². The van der Waals surface area contributed by atoms with E-state index in [0.717, 1.165) is 11.1 Å². The van der Waals surface area contributed by atoms with Crippen molar-refractivity contribution in [2.75, 3.05) is 5.32 Å². The minimum absolute atomic E-state index is 0.102. The van der Waals surface area contributed by atoms with E-state index < -0.39 is 5.82 Å². The van der Waals surface area contributed by atoms with Crippen LogP contribution in [0.25, 0.3) is 0 Å². The molecule has 0 saturated carbocycles. The lowest BCUT2D eigenvalue weighted by Crippen LogP contribution is -2.14. The number of benzene rings is 2. The van der Waals surface area contributed by atoms with Gasteiger partial charge in [-0.2, -0.15) is 5.10 Å². The molecule has 1 aromatic heterocycles. The minimum Gasteiger partial charge on any atom is -0.304 e. The van der Waals surface area contributed by atoms with Crippen molar-refractivity contribution < 1.29 is 9.18 Å². The van der Waals surface area contributed by atoms with E-state index in [1.807, 2.05) is 26.0 Å². The quantitative estimate of drug-likeness (QED) is 0.660. The second-order valence-electron chi connectivity index (χ2n) is 6.00. The smallest absolute Gasteiger partial charge is 0.257 e. The van der Waals surface area contributed by atoms with Crippen LogP contribution in [-0.2, 0) is 6.54 Å². The van der Waals surface area contributed by atoms with E-state index >= 15 is 0 Å². The van der Waals surface area contributed by atoms with Crippen LogP contribution in [0.15, 0.2) is 42.6 Å². The van der Waals surface area contributed by atoms with Crippen LogP contribution in [0.2, 0.25) is 10.0 Å². The number of amides is 1. The molecule has 134 valence electrons. The highest BCUT2D eigenvalue weighted by atomic mass is 35.5. The fraction of sp³-hybridized carbons (Fsp3) is 0.158. The second kappa shape index (κ2) is 7.48. The maximum Gasteiger partial charge on any atom is 0.257 e. The summed E-state index contributed by atoms with van der Waals surface area (Å²) in [6, 6.07) is 10.1. The number of aryl methyl sites for hydroxylation is 2. The molecular weight excluding hydrogens is 376 g/mol. The molecule has 1 amide bonds. The normalized spacial score (nSPS) is 10.8. The summed E-state index contributed by atoms with van der Waals surface area (Å²) in [5.74, 6) is -0.516. The number of anilines is 1. The van der Waals surface area contributed by atoms with Crippen LogP contribution in [-0.4, -0.2) is 15.7 Å². The molecule has 0 fully saturated rings. The summed E-state index contributed by atoms with van der Waals surface area (Å²) in [7, 11) is 0. The van der Waals surface area contributed by atoms with Gasteiger partial charge in [0.1, 0.15) is 10.8 Å². The number of carbonyl (C=O) groups excluding carboxylic acids is 1. The van der Waals surface area contributed by atoms with Gasteiger partial charge >= 0.3 is 0 Å². The SMILES string of the molecule is Cc1ccc(C)c(C(=O)Nc2nn(Cc3c(F)cccc3Cl)cc2Cl)c1. The van der Waals surface area contributed by atoms with Crippen LogP contribution in [0.1, 0.15) is 27.0 Å². The van der Waals surface area contributed by atoms with E-state index in [2.05, 4.69) is 10.4 Å². The first-order chi connectivity index (χ1) is 12.3. The van der Waals surface area contributed by atoms with Gasteiger partial charge in [-0.1, -0.05) is 47.0 Å². The Bertz CT molecular complexity index is 965. The Morgan fingerprint density at radius 3 is 2.69 bits per heavy atom. The fourth-order valence-corrected chi connectivity index (χ4v) is 2.98. The highest BCUT2D eigenvalue weighted by Gasteiger charge is 2.16. The molecular formula is C19H16Cl2FN3O. The predicted octanol–water partition coefficient (Wildman–Crippen LogP) is 5.25. The van der Waals surface area contributed by atoms with Crippen molar-refractivity contribution in [3.05, 3.63) is 80.7 Å². The summed E-state index contributed by atoms with van der Waals surface area (Å²) in [4.78, 5) is 12.5. The fourth-order valence-electron chi connectivity index (χ4n) is 2.56. The largest absolute Gasteiger partial charge is 0.304 e. The Kier molecular flexibility index (Phi) is 5.30. The molecule has 0 saturated heterocycles. The number of halogens is 3. The van der Waals surface area contributed by atoms with Crippen molar-refractivity contribution >= 4 is 34.9 Å². The molecule has 1 N–H and O–H groups in total. The van der Waals surface area contributed by atoms with Crippen LogP contribution < -0.4 is 5.32 Å². The van der Waals surface area contributed by atoms with Crippen molar-refractivity contribution in [3.63, 3.8) is 0 Å². The predicted molar refractivity (Wildman–Crippen MR) is 102 cm³/mol. The lowest BCUT2D eigenvalue weighted by molar-refractivity contribution is 0.102. The van der Waals surface area contributed by atoms with Gasteiger partial charge in [-0.15, -0.1) is 0 Å². The first-order valence-electron chi connectivity index (χ1n) is 7.89. The maximum atomic E-state index is 13.9. The molecule has 0 unspecified atom stereocenters. The zero-order valence-electron chi connectivity index (χ0n) is 14.2. The number of carbonyl (C=O) groups is 1. The summed E-state index contributed by atoms with van der Waals surface area (Å²) in [5.41, 5.74) is 2.68. The first-order valence-corrected chi connectivity index (χ1v) is 8.65. The van der Waals surface area contributed by atoms with Crippen molar-refractivity contribution in [3.8, 4) is 0 Å². The van der Waals surface area contributed by atoms with E-state index in [-0.39, 0.29) is 23.3 Å². The zero-order valence-corrected chi connectivity index (χ0v) is 15.7. The molecule has 0 atom stereocenters. The topological polar surface area (TPSA) is 46.9 Å². The third kappa shape index (κ3) is 3.89. The van der Waals surface area contributed by atoms with Gasteiger partial charge in [0.15, 0.2) is 5.82 Å². The van der Waals surface area contributed by atoms with Gasteiger partial charge in [0.25, 0.3) is 5.91 Å². The summed E-state index contributed by atoms with van der Waals surface area (Å²) in [5, 5.41) is 7.50. The Hall–Kier alpha value is -2.37. The van der Waals surface area contributed by atoms with Crippen LogP contribution >= 0.6 is 23.2 Å². The van der Waals surface area contributed by atoms with Gasteiger partial charge in [-0.05, 0) is 37.6 Å². The van der Waals surface area contributed by atoms with E-state index in [0.29, 0.717) is 16.1 Å². The third-order valence-electron chi connectivity index (χ3n) is 3.97. The molecule has 0 bridgehead atoms. The summed E-state index contributed by atoms with van der Waals surface area (Å²) >= 11 is 12.2. The number of hydrogen-bond acceptors (Lipinski definition) is 2. The van der Waals surface area contributed by atoms with Gasteiger partial charge in [-0.3, -0.25) is 9.48 Å². The molecule has 0 radical (unpaired) electrons. The molecule has 1 heterocycles. The zero-order chi connectivity index (χ0) is 18.8. The van der Waals surface area contributed by atoms with Gasteiger partial charge < -0.3 is 5.32 Å². The Labute approximate surface area is 160 Å². The van der Waals surface area contributed by atoms with E-state index in [1.54, 1.807) is 12.1 Å². The summed E-state index contributed by atoms with van der Waals surface area (Å²) in [6.45, 7) is 3.87. The highest BCUT2D eigenvalue weighted by molar-refractivity contribution is 6.33. The molecule has 2 aromatic carbocycles. The summed E-state index contributed by atoms with van der Waals surface area (Å²) in [6.07, 6.45) is 1.52. The molecule has 3 rings (SSSR count). The Balaban J connectivity index is 1.82. The molecule has 3 aromatic rings. The number of nitrogens with zero attached hydrogens (tertiary/aromatic N) is 2. The second-order valence-corrected chi connectivity index (χ2v) is 6.81. The van der Waals surface area contributed by atoms with Crippen LogP contribution in [0.5, 0.6) is 0 Å². The molecule has 4 nitrogen and oxygen atoms in total. The number of nitrogens with one attached hydrogen (secondary N) is 1. The average Bonchev–Trinajstić information content (AvgIpc) is 2.93. The van der Waals surface area contributed by atoms with Crippen LogP contribution in [0.3, 0.4) is 0 Å². The number of hydrogen-bond donors (Lipinski definition) is 1. The van der Waals surface area contributed by atoms with Gasteiger partial charge in [0.05, 0.1) is 6.54 Å². The molecule has 0 aliphatic heterocycles. The number of rotatable bonds is 4. The molecule has 0 aliphatic rings. The lowest BCUT2D eigenvalue weighted by atomic mass is 10.1. The Morgan fingerprint density at radius 1 is 1.19 bits per heavy atom. The third-order valence-corrected chi connectivity index (χ3v) is 4.60. The standard InChI is InChI=1S/C19H16Cl2FN3O/c1-11-6-7-12(2)13(8-11)19(26)23-18-16(21)10-25(24-18)9-14-15(20)4-3-5-17(14)22/h3-8,10H,9H2,1-2H3,(H,23,24,26). The monoisotopic (exact) mass is 391 g/mol. The van der Waals surface area contributed by atoms with Crippen LogP contribution in [0, 0.1) is 19.7 Å². The highest BCUT2D eigenvalue weighted by Crippen LogP contribution is 2.24. The first kappa shape index (κ1) is 18.4. The lowest BCUT2D eigenvalue weighted by Gasteiger charge is -2.07. The molecule has 26 heavy (non-hydrogen) atoms. The molecule has 0 spiro atoms. The van der Waals surface area contributed by atoms with E-state index in [9.17, 15) is 9.18 Å². The molecule has 0 aliphatic carbocycles.